The Labute approximate surface area is 163 Å². The summed E-state index contributed by atoms with van der Waals surface area (Å²) < 4.78 is 47.0. The van der Waals surface area contributed by atoms with Gasteiger partial charge in [-0.3, -0.25) is 0 Å². The normalized spacial score (nSPS) is 19.4. The molecule has 1 aliphatic rings. The van der Waals surface area contributed by atoms with E-state index < -0.39 is 29.0 Å². The molecule has 0 N–H and O–H groups in total. The standard InChI is InChI=1S/C23H25F3O2/c1-2-3-5-15-8-10-16(11-9-15)18-13-12-17(14-21(18)26)28-23(27)22-19(24)6-4-7-20(22)25/h4,6-7,12-16H,2-3,5,8-11H2,1H3. The van der Waals surface area contributed by atoms with Gasteiger partial charge in [0.15, 0.2) is 0 Å². The van der Waals surface area contributed by atoms with Crippen LogP contribution in [0.15, 0.2) is 36.4 Å². The van der Waals surface area contributed by atoms with Gasteiger partial charge >= 0.3 is 5.97 Å². The average molecular weight is 390 g/mol. The first-order chi connectivity index (χ1) is 13.5. The first kappa shape index (κ1) is 20.4. The minimum absolute atomic E-state index is 0.0643. The summed E-state index contributed by atoms with van der Waals surface area (Å²) in [6, 6.07) is 7.33. The fraction of sp³-hybridized carbons (Fsp3) is 0.435. The fourth-order valence-corrected chi connectivity index (χ4v) is 4.01. The highest BCUT2D eigenvalue weighted by Crippen LogP contribution is 2.39. The molecule has 3 rings (SSSR count). The molecule has 2 nitrogen and oxygen atoms in total. The van der Waals surface area contributed by atoms with Crippen molar-refractivity contribution in [3.63, 3.8) is 0 Å². The predicted octanol–water partition coefficient (Wildman–Crippen LogP) is 6.79. The topological polar surface area (TPSA) is 26.3 Å². The fourth-order valence-electron chi connectivity index (χ4n) is 4.01. The van der Waals surface area contributed by atoms with E-state index >= 15 is 0 Å². The number of rotatable bonds is 6. The van der Waals surface area contributed by atoms with E-state index in [0.717, 1.165) is 55.9 Å². The van der Waals surface area contributed by atoms with Crippen molar-refractivity contribution < 1.29 is 22.7 Å². The molecule has 2 aromatic carbocycles. The number of hydrogen-bond acceptors (Lipinski definition) is 2. The molecule has 1 fully saturated rings. The van der Waals surface area contributed by atoms with Gasteiger partial charge in [-0.15, -0.1) is 0 Å². The Balaban J connectivity index is 1.65. The Kier molecular flexibility index (Phi) is 6.76. The summed E-state index contributed by atoms with van der Waals surface area (Å²) in [6.07, 6.45) is 7.79. The summed E-state index contributed by atoms with van der Waals surface area (Å²) in [5.74, 6) is -2.83. The van der Waals surface area contributed by atoms with E-state index in [9.17, 15) is 18.0 Å². The highest BCUT2D eigenvalue weighted by Gasteiger charge is 2.25. The number of carbonyl (C=O) groups is 1. The molecule has 150 valence electrons. The molecular weight excluding hydrogens is 365 g/mol. The average Bonchev–Trinajstić information content (AvgIpc) is 2.67. The van der Waals surface area contributed by atoms with Crippen LogP contribution in [0.1, 0.15) is 73.7 Å². The third kappa shape index (κ3) is 4.75. The van der Waals surface area contributed by atoms with Crippen LogP contribution in [-0.2, 0) is 0 Å². The second-order valence-electron chi connectivity index (χ2n) is 7.53. The maximum Gasteiger partial charge on any atom is 0.349 e. The van der Waals surface area contributed by atoms with Gasteiger partial charge in [0.25, 0.3) is 0 Å². The molecule has 1 aliphatic carbocycles. The quantitative estimate of drug-likeness (QED) is 0.401. The van der Waals surface area contributed by atoms with Gasteiger partial charge in [0, 0.05) is 6.07 Å². The lowest BCUT2D eigenvalue weighted by atomic mass is 9.77. The van der Waals surface area contributed by atoms with Crippen LogP contribution in [0.25, 0.3) is 0 Å². The lowest BCUT2D eigenvalue weighted by molar-refractivity contribution is 0.0724. The van der Waals surface area contributed by atoms with Gasteiger partial charge in [-0.1, -0.05) is 38.3 Å². The van der Waals surface area contributed by atoms with Crippen molar-refractivity contribution in [3.8, 4) is 5.75 Å². The van der Waals surface area contributed by atoms with Crippen molar-refractivity contribution >= 4 is 5.97 Å². The zero-order valence-electron chi connectivity index (χ0n) is 16.0. The molecule has 2 aromatic rings. The first-order valence-corrected chi connectivity index (χ1v) is 9.95. The van der Waals surface area contributed by atoms with Gasteiger partial charge in [0.1, 0.15) is 28.8 Å². The lowest BCUT2D eigenvalue weighted by Gasteiger charge is -2.29. The minimum Gasteiger partial charge on any atom is -0.423 e. The molecule has 0 atom stereocenters. The summed E-state index contributed by atoms with van der Waals surface area (Å²) >= 11 is 0. The van der Waals surface area contributed by atoms with Gasteiger partial charge in [0.05, 0.1) is 0 Å². The molecule has 0 heterocycles. The van der Waals surface area contributed by atoms with Crippen molar-refractivity contribution in [1.29, 1.82) is 0 Å². The van der Waals surface area contributed by atoms with Gasteiger partial charge in [-0.2, -0.15) is 0 Å². The van der Waals surface area contributed by atoms with Crippen LogP contribution in [0.5, 0.6) is 5.75 Å². The van der Waals surface area contributed by atoms with Crippen molar-refractivity contribution in [1.82, 2.24) is 0 Å². The van der Waals surface area contributed by atoms with Gasteiger partial charge in [0.2, 0.25) is 0 Å². The monoisotopic (exact) mass is 390 g/mol. The molecule has 0 spiro atoms. The Bertz CT molecular complexity index is 806. The second-order valence-corrected chi connectivity index (χ2v) is 7.53. The Morgan fingerprint density at radius 2 is 1.68 bits per heavy atom. The van der Waals surface area contributed by atoms with E-state index in [2.05, 4.69) is 6.92 Å². The zero-order valence-corrected chi connectivity index (χ0v) is 16.0. The molecule has 5 heteroatoms. The van der Waals surface area contributed by atoms with E-state index in [0.29, 0.717) is 5.56 Å². The number of ether oxygens (including phenoxy) is 1. The minimum atomic E-state index is -1.18. The third-order valence-corrected chi connectivity index (χ3v) is 5.60. The maximum absolute atomic E-state index is 14.6. The molecular formula is C23H25F3O2. The van der Waals surface area contributed by atoms with Gasteiger partial charge in [-0.25, -0.2) is 18.0 Å². The van der Waals surface area contributed by atoms with Crippen LogP contribution in [0.2, 0.25) is 0 Å². The van der Waals surface area contributed by atoms with E-state index in [1.165, 1.54) is 25.3 Å². The van der Waals surface area contributed by atoms with Gasteiger partial charge < -0.3 is 4.74 Å². The number of unbranched alkanes of at least 4 members (excludes halogenated alkanes) is 1. The molecule has 0 saturated heterocycles. The highest BCUT2D eigenvalue weighted by atomic mass is 19.1. The maximum atomic E-state index is 14.6. The summed E-state index contributed by atoms with van der Waals surface area (Å²) in [5, 5.41) is 0. The predicted molar refractivity (Wildman–Crippen MR) is 102 cm³/mol. The number of benzene rings is 2. The van der Waals surface area contributed by atoms with Crippen molar-refractivity contribution in [3.05, 3.63) is 65.0 Å². The molecule has 0 radical (unpaired) electrons. The van der Waals surface area contributed by atoms with Crippen molar-refractivity contribution in [2.45, 2.75) is 57.8 Å². The van der Waals surface area contributed by atoms with Crippen LogP contribution in [0, 0.1) is 23.4 Å². The van der Waals surface area contributed by atoms with Crippen molar-refractivity contribution in [2.75, 3.05) is 0 Å². The molecule has 0 aromatic heterocycles. The third-order valence-electron chi connectivity index (χ3n) is 5.60. The Morgan fingerprint density at radius 3 is 2.29 bits per heavy atom. The SMILES string of the molecule is CCCCC1CCC(c2ccc(OC(=O)c3c(F)cccc3F)cc2F)CC1. The summed E-state index contributed by atoms with van der Waals surface area (Å²) in [5.41, 5.74) is -0.164. The second kappa shape index (κ2) is 9.26. The Hall–Kier alpha value is -2.30. The molecule has 0 unspecified atom stereocenters. The van der Waals surface area contributed by atoms with E-state index in [1.807, 2.05) is 0 Å². The molecule has 0 bridgehead atoms. The highest BCUT2D eigenvalue weighted by molar-refractivity contribution is 5.91. The number of carbonyl (C=O) groups excluding carboxylic acids is 1. The smallest absolute Gasteiger partial charge is 0.349 e. The molecule has 28 heavy (non-hydrogen) atoms. The van der Waals surface area contributed by atoms with Crippen LogP contribution < -0.4 is 4.74 Å². The largest absolute Gasteiger partial charge is 0.423 e. The van der Waals surface area contributed by atoms with Gasteiger partial charge in [-0.05, 0) is 61.3 Å². The number of halogens is 3. The number of esters is 1. The number of hydrogen-bond donors (Lipinski definition) is 0. The van der Waals surface area contributed by atoms with Crippen LogP contribution >= 0.6 is 0 Å². The van der Waals surface area contributed by atoms with Crippen LogP contribution in [0.3, 0.4) is 0 Å². The van der Waals surface area contributed by atoms with E-state index in [4.69, 9.17) is 4.74 Å². The van der Waals surface area contributed by atoms with E-state index in [1.54, 1.807) is 6.07 Å². The lowest BCUT2D eigenvalue weighted by Crippen LogP contribution is -2.15. The zero-order chi connectivity index (χ0) is 20.1. The van der Waals surface area contributed by atoms with Crippen LogP contribution in [0.4, 0.5) is 13.2 Å². The summed E-state index contributed by atoms with van der Waals surface area (Å²) in [7, 11) is 0. The Morgan fingerprint density at radius 1 is 1.00 bits per heavy atom. The summed E-state index contributed by atoms with van der Waals surface area (Å²) in [4.78, 5) is 12.1. The first-order valence-electron chi connectivity index (χ1n) is 9.95. The van der Waals surface area contributed by atoms with E-state index in [-0.39, 0.29) is 11.7 Å². The molecule has 0 amide bonds. The summed E-state index contributed by atoms with van der Waals surface area (Å²) in [6.45, 7) is 2.19. The molecule has 0 aliphatic heterocycles. The van der Waals surface area contributed by atoms with Crippen LogP contribution in [-0.4, -0.2) is 5.97 Å². The van der Waals surface area contributed by atoms with Crippen molar-refractivity contribution in [2.24, 2.45) is 5.92 Å². The molecule has 1 saturated carbocycles.